The fourth-order valence-electron chi connectivity index (χ4n) is 1.26. The molecule has 0 N–H and O–H groups in total. The molecule has 0 bridgehead atoms. The van der Waals surface area contributed by atoms with Crippen LogP contribution in [0.25, 0.3) is 0 Å². The smallest absolute Gasteiger partial charge is 0.135 e. The SMILES string of the molecule is O=C1CC(c2nc(Cl)cc(Cl)n2)C1. The highest BCUT2D eigenvalue weighted by molar-refractivity contribution is 6.33. The molecule has 3 nitrogen and oxygen atoms in total. The minimum Gasteiger partial charge on any atom is -0.300 e. The summed E-state index contributed by atoms with van der Waals surface area (Å²) < 4.78 is 0. The minimum absolute atomic E-state index is 0.115. The zero-order chi connectivity index (χ0) is 9.42. The zero-order valence-electron chi connectivity index (χ0n) is 6.63. The van der Waals surface area contributed by atoms with Crippen LogP contribution in [-0.2, 0) is 4.79 Å². The average Bonchev–Trinajstić information content (AvgIpc) is 1.96. The molecule has 0 amide bonds. The van der Waals surface area contributed by atoms with E-state index in [2.05, 4.69) is 9.97 Å². The fraction of sp³-hybridized carbons (Fsp3) is 0.375. The molecule has 0 radical (unpaired) electrons. The number of rotatable bonds is 1. The van der Waals surface area contributed by atoms with Crippen molar-refractivity contribution < 1.29 is 4.79 Å². The third kappa shape index (κ3) is 1.81. The Morgan fingerprint density at radius 3 is 2.23 bits per heavy atom. The van der Waals surface area contributed by atoms with E-state index < -0.39 is 0 Å². The first-order valence-corrected chi connectivity index (χ1v) is 4.62. The van der Waals surface area contributed by atoms with Crippen LogP contribution in [0.3, 0.4) is 0 Å². The zero-order valence-corrected chi connectivity index (χ0v) is 8.14. The summed E-state index contributed by atoms with van der Waals surface area (Å²) in [5.74, 6) is 0.936. The summed E-state index contributed by atoms with van der Waals surface area (Å²) in [7, 11) is 0. The van der Waals surface area contributed by atoms with Gasteiger partial charge in [0.2, 0.25) is 0 Å². The molecule has 1 aromatic rings. The second-order valence-corrected chi connectivity index (χ2v) is 3.79. The molecule has 2 rings (SSSR count). The lowest BCUT2D eigenvalue weighted by molar-refractivity contribution is -0.124. The van der Waals surface area contributed by atoms with Gasteiger partial charge >= 0.3 is 0 Å². The number of carbonyl (C=O) groups excluding carboxylic acids is 1. The van der Waals surface area contributed by atoms with E-state index in [9.17, 15) is 4.79 Å². The van der Waals surface area contributed by atoms with Gasteiger partial charge in [-0.3, -0.25) is 4.79 Å². The van der Waals surface area contributed by atoms with Crippen molar-refractivity contribution >= 4 is 29.0 Å². The maximum absolute atomic E-state index is 10.7. The Morgan fingerprint density at radius 1 is 1.23 bits per heavy atom. The maximum atomic E-state index is 10.7. The molecule has 0 unspecified atom stereocenters. The fourth-order valence-corrected chi connectivity index (χ4v) is 1.70. The molecule has 5 heteroatoms. The van der Waals surface area contributed by atoms with Crippen LogP contribution < -0.4 is 0 Å². The normalized spacial score (nSPS) is 17.2. The van der Waals surface area contributed by atoms with Gasteiger partial charge in [0, 0.05) is 24.8 Å². The van der Waals surface area contributed by atoms with Crippen molar-refractivity contribution in [3.63, 3.8) is 0 Å². The van der Waals surface area contributed by atoms with Crippen LogP contribution >= 0.6 is 23.2 Å². The highest BCUT2D eigenvalue weighted by atomic mass is 35.5. The topological polar surface area (TPSA) is 42.9 Å². The van der Waals surface area contributed by atoms with Crippen LogP contribution in [0.5, 0.6) is 0 Å². The largest absolute Gasteiger partial charge is 0.300 e. The molecule has 0 aromatic carbocycles. The van der Waals surface area contributed by atoms with Gasteiger partial charge in [0.1, 0.15) is 21.9 Å². The van der Waals surface area contributed by atoms with Crippen molar-refractivity contribution in [1.29, 1.82) is 0 Å². The summed E-state index contributed by atoms with van der Waals surface area (Å²) in [6.07, 6.45) is 1.02. The molecule has 68 valence electrons. The quantitative estimate of drug-likeness (QED) is 0.677. The van der Waals surface area contributed by atoms with Gasteiger partial charge in [-0.2, -0.15) is 0 Å². The lowest BCUT2D eigenvalue weighted by Crippen LogP contribution is -2.23. The second kappa shape index (κ2) is 3.24. The van der Waals surface area contributed by atoms with E-state index in [1.54, 1.807) is 0 Å². The van der Waals surface area contributed by atoms with Gasteiger partial charge in [0.25, 0.3) is 0 Å². The number of hydrogen-bond acceptors (Lipinski definition) is 3. The van der Waals surface area contributed by atoms with Crippen molar-refractivity contribution in [3.05, 3.63) is 22.2 Å². The highest BCUT2D eigenvalue weighted by Gasteiger charge is 2.30. The summed E-state index contributed by atoms with van der Waals surface area (Å²) in [6.45, 7) is 0. The van der Waals surface area contributed by atoms with Gasteiger partial charge in [0.05, 0.1) is 0 Å². The number of Topliss-reactive ketones (excluding diaryl/α,β-unsaturated/α-hetero) is 1. The molecule has 1 fully saturated rings. The van der Waals surface area contributed by atoms with Gasteiger partial charge in [-0.1, -0.05) is 23.2 Å². The molecule has 0 atom stereocenters. The summed E-state index contributed by atoms with van der Waals surface area (Å²) in [6, 6.07) is 1.48. The average molecular weight is 217 g/mol. The molecule has 1 saturated carbocycles. The molecule has 0 spiro atoms. The molecule has 1 aliphatic carbocycles. The number of nitrogens with zero attached hydrogens (tertiary/aromatic N) is 2. The Morgan fingerprint density at radius 2 is 1.77 bits per heavy atom. The molecule has 0 aliphatic heterocycles. The number of carbonyl (C=O) groups is 1. The maximum Gasteiger partial charge on any atom is 0.135 e. The van der Waals surface area contributed by atoms with Gasteiger partial charge in [-0.05, 0) is 0 Å². The van der Waals surface area contributed by atoms with Crippen LogP contribution in [0.4, 0.5) is 0 Å². The predicted molar refractivity (Wildman–Crippen MR) is 49.0 cm³/mol. The van der Waals surface area contributed by atoms with Crippen molar-refractivity contribution in [2.45, 2.75) is 18.8 Å². The summed E-state index contributed by atoms with van der Waals surface area (Å²) in [4.78, 5) is 18.7. The first-order valence-electron chi connectivity index (χ1n) is 3.87. The lowest BCUT2D eigenvalue weighted by atomic mass is 9.83. The third-order valence-corrected chi connectivity index (χ3v) is 2.38. The molecule has 1 aliphatic rings. The van der Waals surface area contributed by atoms with E-state index in [1.807, 2.05) is 0 Å². The van der Waals surface area contributed by atoms with E-state index in [0.717, 1.165) is 0 Å². The van der Waals surface area contributed by atoms with E-state index in [1.165, 1.54) is 6.07 Å². The van der Waals surface area contributed by atoms with Crippen LogP contribution in [0, 0.1) is 0 Å². The van der Waals surface area contributed by atoms with Crippen molar-refractivity contribution in [2.75, 3.05) is 0 Å². The van der Waals surface area contributed by atoms with Crippen molar-refractivity contribution in [3.8, 4) is 0 Å². The number of halogens is 2. The molecular weight excluding hydrogens is 211 g/mol. The van der Waals surface area contributed by atoms with Crippen LogP contribution in [0.15, 0.2) is 6.07 Å². The van der Waals surface area contributed by atoms with E-state index in [0.29, 0.717) is 29.0 Å². The Kier molecular flexibility index (Phi) is 2.22. The number of ketones is 1. The first-order chi connectivity index (χ1) is 6.15. The molecule has 0 saturated heterocycles. The summed E-state index contributed by atoms with van der Waals surface area (Å²) in [5, 5.41) is 0.656. The van der Waals surface area contributed by atoms with Gasteiger partial charge in [-0.25, -0.2) is 9.97 Å². The van der Waals surface area contributed by atoms with Gasteiger partial charge < -0.3 is 0 Å². The molecule has 1 aromatic heterocycles. The van der Waals surface area contributed by atoms with E-state index >= 15 is 0 Å². The lowest BCUT2D eigenvalue weighted by Gasteiger charge is -2.22. The Bertz CT molecular complexity index is 339. The Hall–Kier alpha value is -0.670. The highest BCUT2D eigenvalue weighted by Crippen LogP contribution is 2.32. The van der Waals surface area contributed by atoms with Crippen LogP contribution in [0.2, 0.25) is 10.3 Å². The van der Waals surface area contributed by atoms with Crippen LogP contribution in [0.1, 0.15) is 24.6 Å². The van der Waals surface area contributed by atoms with Crippen LogP contribution in [-0.4, -0.2) is 15.8 Å². The van der Waals surface area contributed by atoms with E-state index in [4.69, 9.17) is 23.2 Å². The number of hydrogen-bond donors (Lipinski definition) is 0. The van der Waals surface area contributed by atoms with Crippen molar-refractivity contribution in [2.24, 2.45) is 0 Å². The predicted octanol–water partition coefficient (Wildman–Crippen LogP) is 2.23. The second-order valence-electron chi connectivity index (χ2n) is 3.02. The molecule has 13 heavy (non-hydrogen) atoms. The molecular formula is C8H6Cl2N2O. The van der Waals surface area contributed by atoms with E-state index in [-0.39, 0.29) is 11.7 Å². The number of aromatic nitrogens is 2. The minimum atomic E-state index is 0.115. The van der Waals surface area contributed by atoms with Gasteiger partial charge in [-0.15, -0.1) is 0 Å². The standard InChI is InChI=1S/C8H6Cl2N2O/c9-6-3-7(10)12-8(11-6)4-1-5(13)2-4/h3-4H,1-2H2. The third-order valence-electron chi connectivity index (χ3n) is 1.99. The summed E-state index contributed by atoms with van der Waals surface area (Å²) in [5.41, 5.74) is 0. The first kappa shape index (κ1) is 8.91. The Balaban J connectivity index is 2.25. The van der Waals surface area contributed by atoms with Gasteiger partial charge in [0.15, 0.2) is 0 Å². The van der Waals surface area contributed by atoms with Crippen molar-refractivity contribution in [1.82, 2.24) is 9.97 Å². The summed E-state index contributed by atoms with van der Waals surface area (Å²) >= 11 is 11.4. The monoisotopic (exact) mass is 216 g/mol. The Labute approximate surface area is 85.1 Å². The molecule has 1 heterocycles.